The van der Waals surface area contributed by atoms with Gasteiger partial charge in [0.15, 0.2) is 0 Å². The van der Waals surface area contributed by atoms with Crippen LogP contribution in [0.25, 0.3) is 0 Å². The van der Waals surface area contributed by atoms with E-state index in [0.29, 0.717) is 31.0 Å². The van der Waals surface area contributed by atoms with Gasteiger partial charge in [-0.3, -0.25) is 9.89 Å². The molecule has 3 N–H and O–H groups in total. The summed E-state index contributed by atoms with van der Waals surface area (Å²) in [6.07, 6.45) is 3.78. The Morgan fingerprint density at radius 3 is 2.95 bits per heavy atom. The molecule has 6 heteroatoms. The number of hydrogen-bond donors (Lipinski definition) is 2. The standard InChI is InChI=1S/C14H18N4O2/c1-18(10-11-8-16-17-9-11)14(19)6-7-20-13-5-3-2-4-12(13)15/h2-5,8-9H,6-7,10,15H2,1H3,(H,16,17). The van der Waals surface area contributed by atoms with Crippen LogP contribution >= 0.6 is 0 Å². The lowest BCUT2D eigenvalue weighted by atomic mass is 10.3. The summed E-state index contributed by atoms with van der Waals surface area (Å²) in [6, 6.07) is 7.24. The van der Waals surface area contributed by atoms with E-state index in [4.69, 9.17) is 10.5 Å². The van der Waals surface area contributed by atoms with Crippen LogP contribution < -0.4 is 10.5 Å². The molecule has 2 rings (SSSR count). The maximum atomic E-state index is 11.9. The highest BCUT2D eigenvalue weighted by atomic mass is 16.5. The predicted molar refractivity (Wildman–Crippen MR) is 76.0 cm³/mol. The fourth-order valence-corrected chi connectivity index (χ4v) is 1.78. The van der Waals surface area contributed by atoms with E-state index >= 15 is 0 Å². The first-order valence-corrected chi connectivity index (χ1v) is 6.35. The quantitative estimate of drug-likeness (QED) is 0.780. The molecule has 1 aromatic carbocycles. The third kappa shape index (κ3) is 3.74. The summed E-state index contributed by atoms with van der Waals surface area (Å²) < 4.78 is 5.50. The zero-order valence-electron chi connectivity index (χ0n) is 11.4. The van der Waals surface area contributed by atoms with Gasteiger partial charge in [0.2, 0.25) is 5.91 Å². The summed E-state index contributed by atoms with van der Waals surface area (Å²) in [7, 11) is 1.76. The molecule has 20 heavy (non-hydrogen) atoms. The zero-order chi connectivity index (χ0) is 14.4. The van der Waals surface area contributed by atoms with Gasteiger partial charge in [0.25, 0.3) is 0 Å². The van der Waals surface area contributed by atoms with Gasteiger partial charge in [-0.1, -0.05) is 12.1 Å². The van der Waals surface area contributed by atoms with Crippen LogP contribution in [0.1, 0.15) is 12.0 Å². The first kappa shape index (κ1) is 13.9. The van der Waals surface area contributed by atoms with Gasteiger partial charge < -0.3 is 15.4 Å². The molecule has 0 radical (unpaired) electrons. The molecule has 106 valence electrons. The van der Waals surface area contributed by atoms with Crippen molar-refractivity contribution in [3.8, 4) is 5.75 Å². The summed E-state index contributed by atoms with van der Waals surface area (Å²) in [5.74, 6) is 0.624. The molecule has 1 aromatic heterocycles. The first-order valence-electron chi connectivity index (χ1n) is 6.35. The lowest BCUT2D eigenvalue weighted by Crippen LogP contribution is -2.27. The number of benzene rings is 1. The number of nitrogens with two attached hydrogens (primary N) is 1. The monoisotopic (exact) mass is 274 g/mol. The molecular weight excluding hydrogens is 256 g/mol. The van der Waals surface area contributed by atoms with E-state index in [-0.39, 0.29) is 5.91 Å². The molecule has 0 fully saturated rings. The maximum Gasteiger partial charge on any atom is 0.226 e. The van der Waals surface area contributed by atoms with Gasteiger partial charge >= 0.3 is 0 Å². The molecule has 1 heterocycles. The Bertz CT molecular complexity index is 554. The number of nitrogen functional groups attached to an aromatic ring is 1. The number of nitrogens with zero attached hydrogens (tertiary/aromatic N) is 2. The highest BCUT2D eigenvalue weighted by molar-refractivity contribution is 5.76. The Morgan fingerprint density at radius 1 is 1.45 bits per heavy atom. The molecule has 0 aliphatic rings. The summed E-state index contributed by atoms with van der Waals surface area (Å²) in [5, 5.41) is 6.56. The van der Waals surface area contributed by atoms with Crippen molar-refractivity contribution in [3.63, 3.8) is 0 Å². The maximum absolute atomic E-state index is 11.9. The lowest BCUT2D eigenvalue weighted by molar-refractivity contribution is -0.130. The Labute approximate surface area is 117 Å². The van der Waals surface area contributed by atoms with Crippen molar-refractivity contribution in [2.75, 3.05) is 19.4 Å². The minimum Gasteiger partial charge on any atom is -0.491 e. The molecule has 0 bridgehead atoms. The van der Waals surface area contributed by atoms with Crippen molar-refractivity contribution in [2.45, 2.75) is 13.0 Å². The van der Waals surface area contributed by atoms with E-state index in [1.807, 2.05) is 12.1 Å². The van der Waals surface area contributed by atoms with Crippen LogP contribution in [0.2, 0.25) is 0 Å². The van der Waals surface area contributed by atoms with Crippen molar-refractivity contribution in [3.05, 3.63) is 42.2 Å². The number of aromatic nitrogens is 2. The molecule has 0 unspecified atom stereocenters. The molecule has 0 spiro atoms. The number of carbonyl (C=O) groups is 1. The summed E-state index contributed by atoms with van der Waals surface area (Å²) in [5.41, 5.74) is 7.30. The second-order valence-electron chi connectivity index (χ2n) is 4.49. The molecule has 0 atom stereocenters. The fourth-order valence-electron chi connectivity index (χ4n) is 1.78. The SMILES string of the molecule is CN(Cc1cn[nH]c1)C(=O)CCOc1ccccc1N. The number of anilines is 1. The highest BCUT2D eigenvalue weighted by Crippen LogP contribution is 2.19. The van der Waals surface area contributed by atoms with Crippen LogP contribution in [0.15, 0.2) is 36.7 Å². The van der Waals surface area contributed by atoms with E-state index in [9.17, 15) is 4.79 Å². The fraction of sp³-hybridized carbons (Fsp3) is 0.286. The van der Waals surface area contributed by atoms with Crippen LogP contribution in [0.3, 0.4) is 0 Å². The average Bonchev–Trinajstić information content (AvgIpc) is 2.93. The van der Waals surface area contributed by atoms with E-state index in [1.165, 1.54) is 0 Å². The zero-order valence-corrected chi connectivity index (χ0v) is 11.4. The van der Waals surface area contributed by atoms with Crippen LogP contribution in [0.4, 0.5) is 5.69 Å². The van der Waals surface area contributed by atoms with E-state index in [1.54, 1.807) is 36.5 Å². The number of H-pyrrole nitrogens is 1. The first-order chi connectivity index (χ1) is 9.66. The molecule has 0 aliphatic heterocycles. The van der Waals surface area contributed by atoms with Crippen LogP contribution in [0.5, 0.6) is 5.75 Å². The normalized spacial score (nSPS) is 10.2. The molecule has 0 saturated heterocycles. The third-order valence-electron chi connectivity index (χ3n) is 2.89. The van der Waals surface area contributed by atoms with Gasteiger partial charge in [-0.25, -0.2) is 0 Å². The number of nitrogens with one attached hydrogen (secondary N) is 1. The molecular formula is C14H18N4O2. The number of carbonyl (C=O) groups excluding carboxylic acids is 1. The van der Waals surface area contributed by atoms with Crippen LogP contribution in [-0.2, 0) is 11.3 Å². The topological polar surface area (TPSA) is 84.2 Å². The van der Waals surface area contributed by atoms with Gasteiger partial charge in [0.05, 0.1) is 24.9 Å². The predicted octanol–water partition coefficient (Wildman–Crippen LogP) is 1.42. The van der Waals surface area contributed by atoms with Gasteiger partial charge in [-0.15, -0.1) is 0 Å². The van der Waals surface area contributed by atoms with Gasteiger partial charge in [0, 0.05) is 25.4 Å². The number of para-hydroxylation sites is 2. The van der Waals surface area contributed by atoms with E-state index in [0.717, 1.165) is 5.56 Å². The smallest absolute Gasteiger partial charge is 0.226 e. The van der Waals surface area contributed by atoms with Gasteiger partial charge in [0.1, 0.15) is 5.75 Å². The minimum atomic E-state index is 0.0145. The third-order valence-corrected chi connectivity index (χ3v) is 2.89. The summed E-state index contributed by atoms with van der Waals surface area (Å²) >= 11 is 0. The largest absolute Gasteiger partial charge is 0.491 e. The average molecular weight is 274 g/mol. The Morgan fingerprint density at radius 2 is 2.25 bits per heavy atom. The van der Waals surface area contributed by atoms with Gasteiger partial charge in [-0.05, 0) is 12.1 Å². The second-order valence-corrected chi connectivity index (χ2v) is 4.49. The highest BCUT2D eigenvalue weighted by Gasteiger charge is 2.10. The minimum absolute atomic E-state index is 0.0145. The Hall–Kier alpha value is -2.50. The number of rotatable bonds is 6. The van der Waals surface area contributed by atoms with Crippen molar-refractivity contribution in [2.24, 2.45) is 0 Å². The van der Waals surface area contributed by atoms with Crippen molar-refractivity contribution < 1.29 is 9.53 Å². The molecule has 2 aromatic rings. The number of hydrogen-bond acceptors (Lipinski definition) is 4. The number of ether oxygens (including phenoxy) is 1. The summed E-state index contributed by atoms with van der Waals surface area (Å²) in [6.45, 7) is 0.839. The number of aromatic amines is 1. The van der Waals surface area contributed by atoms with Crippen LogP contribution in [0, 0.1) is 0 Å². The van der Waals surface area contributed by atoms with E-state index < -0.39 is 0 Å². The lowest BCUT2D eigenvalue weighted by Gasteiger charge is -2.16. The molecule has 0 aliphatic carbocycles. The molecule has 0 saturated carbocycles. The molecule has 1 amide bonds. The Kier molecular flexibility index (Phi) is 4.60. The van der Waals surface area contributed by atoms with Gasteiger partial charge in [-0.2, -0.15) is 5.10 Å². The summed E-state index contributed by atoms with van der Waals surface area (Å²) in [4.78, 5) is 13.6. The molecule has 6 nitrogen and oxygen atoms in total. The van der Waals surface area contributed by atoms with Crippen molar-refractivity contribution in [1.82, 2.24) is 15.1 Å². The van der Waals surface area contributed by atoms with Crippen molar-refractivity contribution in [1.29, 1.82) is 0 Å². The van der Waals surface area contributed by atoms with E-state index in [2.05, 4.69) is 10.2 Å². The van der Waals surface area contributed by atoms with Crippen molar-refractivity contribution >= 4 is 11.6 Å². The van der Waals surface area contributed by atoms with Crippen LogP contribution in [-0.4, -0.2) is 34.7 Å². The second kappa shape index (κ2) is 6.60. The Balaban J connectivity index is 1.76. The number of amides is 1.